The van der Waals surface area contributed by atoms with E-state index < -0.39 is 11.9 Å². The zero-order valence-corrected chi connectivity index (χ0v) is 20.0. The highest BCUT2D eigenvalue weighted by Crippen LogP contribution is 2.28. The molecule has 1 heterocycles. The normalized spacial score (nSPS) is 21.3. The van der Waals surface area contributed by atoms with Gasteiger partial charge in [0.05, 0.1) is 13.5 Å². The Morgan fingerprint density at radius 2 is 1.55 bits per heavy atom. The molecule has 1 aliphatic rings. The maximum atomic E-state index is 11.3. The Bertz CT molecular complexity index is 540. The zero-order chi connectivity index (χ0) is 22.6. The van der Waals surface area contributed by atoms with E-state index in [4.69, 9.17) is 14.5 Å². The average molecular weight is 437 g/mol. The smallest absolute Gasteiger partial charge is 0.308 e. The van der Waals surface area contributed by atoms with Crippen molar-refractivity contribution in [2.24, 2.45) is 0 Å². The molecular weight excluding hydrogens is 392 g/mol. The Hall–Kier alpha value is -1.43. The highest BCUT2D eigenvalue weighted by Gasteiger charge is 2.34. The first kappa shape index (κ1) is 27.6. The molecule has 0 radical (unpaired) electrons. The summed E-state index contributed by atoms with van der Waals surface area (Å²) in [5.74, 6) is -1.16. The van der Waals surface area contributed by atoms with Gasteiger partial charge in [0.1, 0.15) is 6.10 Å². The summed E-state index contributed by atoms with van der Waals surface area (Å²) in [5, 5.41) is 0. The van der Waals surface area contributed by atoms with Gasteiger partial charge in [-0.1, -0.05) is 88.2 Å². The maximum Gasteiger partial charge on any atom is 0.308 e. The molecule has 0 spiro atoms. The number of carbonyl (C=O) groups excluding carboxylic acids is 1. The van der Waals surface area contributed by atoms with E-state index in [1.807, 2.05) is 19.1 Å². The van der Waals surface area contributed by atoms with Crippen molar-refractivity contribution in [3.8, 4) is 0 Å². The van der Waals surface area contributed by atoms with Gasteiger partial charge in [0.15, 0.2) is 0 Å². The van der Waals surface area contributed by atoms with E-state index >= 15 is 0 Å². The van der Waals surface area contributed by atoms with Crippen molar-refractivity contribution >= 4 is 5.97 Å². The molecule has 0 saturated heterocycles. The quantitative estimate of drug-likeness (QED) is 0.0762. The number of carbonyl (C=O) groups is 1. The highest BCUT2D eigenvalue weighted by atomic mass is 17.2. The minimum Gasteiger partial charge on any atom is -0.469 e. The van der Waals surface area contributed by atoms with Gasteiger partial charge in [0.25, 0.3) is 0 Å². The van der Waals surface area contributed by atoms with Gasteiger partial charge >= 0.3 is 5.97 Å². The van der Waals surface area contributed by atoms with Gasteiger partial charge in [-0.2, -0.15) is 4.89 Å². The average Bonchev–Trinajstić information content (AvgIpc) is 2.80. The number of unbranched alkanes of at least 4 members (excludes halogenated alkanes) is 11. The van der Waals surface area contributed by atoms with Crippen molar-refractivity contribution in [3.63, 3.8) is 0 Å². The van der Waals surface area contributed by atoms with Crippen LogP contribution in [-0.2, 0) is 24.0 Å². The van der Waals surface area contributed by atoms with Crippen LogP contribution in [0.2, 0.25) is 0 Å². The summed E-state index contributed by atoms with van der Waals surface area (Å²) in [6, 6.07) is 0. The van der Waals surface area contributed by atoms with Crippen LogP contribution in [0.4, 0.5) is 0 Å². The molecule has 1 rings (SSSR count). The second-order valence-corrected chi connectivity index (χ2v) is 8.26. The number of esters is 1. The monoisotopic (exact) mass is 436 g/mol. The van der Waals surface area contributed by atoms with Gasteiger partial charge < -0.3 is 9.47 Å². The fraction of sp³-hybridized carbons (Fsp3) is 0.731. The molecule has 0 aromatic carbocycles. The van der Waals surface area contributed by atoms with Crippen molar-refractivity contribution in [3.05, 3.63) is 36.5 Å². The molecule has 0 fully saturated rings. The number of hydrogen-bond acceptors (Lipinski definition) is 5. The first-order valence-electron chi connectivity index (χ1n) is 12.1. The Balaban J connectivity index is 1.97. The van der Waals surface area contributed by atoms with Crippen LogP contribution < -0.4 is 0 Å². The molecule has 0 N–H and O–H groups in total. The van der Waals surface area contributed by atoms with Crippen molar-refractivity contribution in [1.82, 2.24) is 0 Å². The minimum atomic E-state index is -0.838. The van der Waals surface area contributed by atoms with E-state index in [0.29, 0.717) is 0 Å². The first-order chi connectivity index (χ1) is 15.2. The molecule has 178 valence electrons. The van der Waals surface area contributed by atoms with E-state index in [9.17, 15) is 4.79 Å². The maximum absolute atomic E-state index is 11.3. The van der Waals surface area contributed by atoms with Gasteiger partial charge in [0.2, 0.25) is 5.79 Å². The van der Waals surface area contributed by atoms with Gasteiger partial charge in [-0.05, 0) is 32.3 Å². The lowest BCUT2D eigenvalue weighted by atomic mass is 10.0. The first-order valence-corrected chi connectivity index (χ1v) is 12.1. The summed E-state index contributed by atoms with van der Waals surface area (Å²) >= 11 is 0. The third kappa shape index (κ3) is 13.6. The van der Waals surface area contributed by atoms with Crippen LogP contribution >= 0.6 is 0 Å². The lowest BCUT2D eigenvalue weighted by Crippen LogP contribution is -2.38. The van der Waals surface area contributed by atoms with E-state index in [2.05, 4.69) is 29.0 Å². The molecule has 5 heteroatoms. The Labute approximate surface area is 189 Å². The van der Waals surface area contributed by atoms with Gasteiger partial charge in [0, 0.05) is 13.5 Å². The summed E-state index contributed by atoms with van der Waals surface area (Å²) in [7, 11) is 2.98. The van der Waals surface area contributed by atoms with Crippen molar-refractivity contribution in [2.45, 2.75) is 109 Å². The fourth-order valence-electron chi connectivity index (χ4n) is 3.65. The van der Waals surface area contributed by atoms with Gasteiger partial charge in [-0.25, -0.2) is 4.89 Å². The summed E-state index contributed by atoms with van der Waals surface area (Å²) in [6.07, 6.45) is 28.1. The summed E-state index contributed by atoms with van der Waals surface area (Å²) < 4.78 is 10.2. The Morgan fingerprint density at radius 1 is 0.935 bits per heavy atom. The molecule has 0 aromatic rings. The van der Waals surface area contributed by atoms with Gasteiger partial charge in [-0.15, -0.1) is 0 Å². The lowest BCUT2D eigenvalue weighted by molar-refractivity contribution is -0.428. The summed E-state index contributed by atoms with van der Waals surface area (Å²) in [4.78, 5) is 22.1. The minimum absolute atomic E-state index is 0.140. The molecule has 1 aliphatic heterocycles. The molecule has 0 unspecified atom stereocenters. The van der Waals surface area contributed by atoms with Gasteiger partial charge in [-0.3, -0.25) is 4.79 Å². The highest BCUT2D eigenvalue weighted by molar-refractivity contribution is 5.70. The van der Waals surface area contributed by atoms with Crippen LogP contribution in [0.3, 0.4) is 0 Å². The number of rotatable bonds is 18. The second-order valence-electron chi connectivity index (χ2n) is 8.26. The summed E-state index contributed by atoms with van der Waals surface area (Å²) in [6.45, 7) is 2.05. The molecule has 5 nitrogen and oxygen atoms in total. The predicted molar refractivity (Wildman–Crippen MR) is 125 cm³/mol. The van der Waals surface area contributed by atoms with Crippen molar-refractivity contribution in [1.29, 1.82) is 0 Å². The van der Waals surface area contributed by atoms with E-state index in [1.165, 1.54) is 71.3 Å². The molecular formula is C26H44O5. The zero-order valence-electron chi connectivity index (χ0n) is 20.0. The Morgan fingerprint density at radius 3 is 2.06 bits per heavy atom. The van der Waals surface area contributed by atoms with Crippen molar-refractivity contribution in [2.75, 3.05) is 14.2 Å². The molecule has 0 bridgehead atoms. The van der Waals surface area contributed by atoms with Crippen LogP contribution in [0.25, 0.3) is 0 Å². The SMILES string of the molecule is C/C=C/C=C/CCCCCCCCCCCCC[C@@]1(OC)C=C[C@H](CC(=O)OC)OO1. The number of ether oxygens (including phenoxy) is 2. The summed E-state index contributed by atoms with van der Waals surface area (Å²) in [5.41, 5.74) is 0. The molecule has 2 atom stereocenters. The number of allylic oxidation sites excluding steroid dienone is 4. The van der Waals surface area contributed by atoms with Crippen LogP contribution in [-0.4, -0.2) is 32.1 Å². The third-order valence-corrected chi connectivity index (χ3v) is 5.65. The van der Waals surface area contributed by atoms with Crippen LogP contribution in [0.1, 0.15) is 96.8 Å². The van der Waals surface area contributed by atoms with Crippen LogP contribution in [0.5, 0.6) is 0 Å². The van der Waals surface area contributed by atoms with E-state index in [0.717, 1.165) is 19.3 Å². The molecule has 0 amide bonds. The molecule has 0 aromatic heterocycles. The van der Waals surface area contributed by atoms with Crippen molar-refractivity contribution < 1.29 is 24.0 Å². The van der Waals surface area contributed by atoms with Crippen LogP contribution in [0, 0.1) is 0 Å². The number of methoxy groups -OCH3 is 2. The Kier molecular flexibility index (Phi) is 16.2. The lowest BCUT2D eigenvalue weighted by Gasteiger charge is -2.32. The molecule has 0 saturated carbocycles. The topological polar surface area (TPSA) is 54.0 Å². The molecule has 0 aliphatic carbocycles. The van der Waals surface area contributed by atoms with Crippen LogP contribution in [0.15, 0.2) is 36.5 Å². The van der Waals surface area contributed by atoms with E-state index in [-0.39, 0.29) is 12.4 Å². The third-order valence-electron chi connectivity index (χ3n) is 5.65. The fourth-order valence-corrected chi connectivity index (χ4v) is 3.65. The predicted octanol–water partition coefficient (Wildman–Crippen LogP) is 6.98. The van der Waals surface area contributed by atoms with E-state index in [1.54, 1.807) is 7.11 Å². The number of hydrogen-bond donors (Lipinski definition) is 0. The molecule has 31 heavy (non-hydrogen) atoms. The largest absolute Gasteiger partial charge is 0.469 e. The second kappa shape index (κ2) is 18.2. The standard InChI is InChI=1S/C26H44O5/c1-4-5-6-7-8-9-10-11-12-13-14-15-16-17-18-19-21-26(29-3)22-20-24(30-31-26)23-25(27)28-2/h4-7,20,22,24H,8-19,21,23H2,1-3H3/b5-4+,7-6+/t24-,26+/m1/s1.